The number of hydrogen-bond donors (Lipinski definition) is 1. The number of amides is 1. The molecule has 0 spiro atoms. The lowest BCUT2D eigenvalue weighted by Gasteiger charge is -2.24. The van der Waals surface area contributed by atoms with E-state index in [0.717, 1.165) is 13.0 Å². The van der Waals surface area contributed by atoms with Crippen LogP contribution in [0.1, 0.15) is 37.6 Å². The van der Waals surface area contributed by atoms with Crippen LogP contribution in [0.25, 0.3) is 0 Å². The molecule has 1 aromatic carbocycles. The van der Waals surface area contributed by atoms with E-state index in [1.807, 2.05) is 6.92 Å². The van der Waals surface area contributed by atoms with Gasteiger partial charge in [-0.3, -0.25) is 4.79 Å². The average Bonchev–Trinajstić information content (AvgIpc) is 2.35. The fraction of sp³-hybridized carbons (Fsp3) is 0.500. The van der Waals surface area contributed by atoms with Gasteiger partial charge in [0.05, 0.1) is 5.56 Å². The van der Waals surface area contributed by atoms with Gasteiger partial charge in [0.2, 0.25) is 0 Å². The van der Waals surface area contributed by atoms with Gasteiger partial charge < -0.3 is 10.0 Å². The zero-order valence-electron chi connectivity index (χ0n) is 10.8. The lowest BCUT2D eigenvalue weighted by molar-refractivity contribution is 0.0738. The molecule has 0 saturated carbocycles. The van der Waals surface area contributed by atoms with E-state index in [1.165, 1.54) is 0 Å². The van der Waals surface area contributed by atoms with Crippen LogP contribution in [0.2, 0.25) is 0 Å². The Balaban J connectivity index is 2.83. The number of nitrogens with zero attached hydrogens (tertiary/aromatic N) is 1. The van der Waals surface area contributed by atoms with Gasteiger partial charge in [-0.25, -0.2) is 0 Å². The summed E-state index contributed by atoms with van der Waals surface area (Å²) >= 11 is 0. The molecule has 3 heteroatoms. The Kier molecular flexibility index (Phi) is 5.01. The second-order valence-corrected chi connectivity index (χ2v) is 4.37. The topological polar surface area (TPSA) is 40.5 Å². The van der Waals surface area contributed by atoms with Crippen LogP contribution in [0.15, 0.2) is 24.3 Å². The largest absolute Gasteiger partial charge is 0.507 e. The van der Waals surface area contributed by atoms with Gasteiger partial charge in [-0.05, 0) is 25.0 Å². The van der Waals surface area contributed by atoms with Crippen LogP contribution < -0.4 is 0 Å². The molecule has 0 aliphatic carbocycles. The third-order valence-electron chi connectivity index (χ3n) is 3.03. The third-order valence-corrected chi connectivity index (χ3v) is 3.03. The first kappa shape index (κ1) is 13.6. The van der Waals surface area contributed by atoms with Crippen molar-refractivity contribution in [3.8, 4) is 5.75 Å². The van der Waals surface area contributed by atoms with Crippen LogP contribution >= 0.6 is 0 Å². The smallest absolute Gasteiger partial charge is 0.257 e. The molecular weight excluding hydrogens is 214 g/mol. The zero-order valence-corrected chi connectivity index (χ0v) is 10.8. The minimum Gasteiger partial charge on any atom is -0.507 e. The number of phenols is 1. The van der Waals surface area contributed by atoms with E-state index in [2.05, 4.69) is 13.8 Å². The molecule has 0 aliphatic heterocycles. The van der Waals surface area contributed by atoms with Crippen molar-refractivity contribution in [1.29, 1.82) is 0 Å². The fourth-order valence-corrected chi connectivity index (χ4v) is 1.69. The zero-order chi connectivity index (χ0) is 12.8. The minimum absolute atomic E-state index is 0.0556. The number of carbonyl (C=O) groups excluding carboxylic acids is 1. The molecule has 1 atom stereocenters. The molecule has 1 rings (SSSR count). The van der Waals surface area contributed by atoms with Crippen LogP contribution in [-0.2, 0) is 0 Å². The van der Waals surface area contributed by atoms with Gasteiger partial charge in [-0.2, -0.15) is 0 Å². The van der Waals surface area contributed by atoms with Crippen molar-refractivity contribution in [3.63, 3.8) is 0 Å². The molecule has 0 aliphatic rings. The Morgan fingerprint density at radius 3 is 2.53 bits per heavy atom. The van der Waals surface area contributed by atoms with Crippen LogP contribution in [0, 0.1) is 5.92 Å². The van der Waals surface area contributed by atoms with Crippen molar-refractivity contribution in [2.24, 2.45) is 5.92 Å². The lowest BCUT2D eigenvalue weighted by Crippen LogP contribution is -2.34. The maximum Gasteiger partial charge on any atom is 0.257 e. The molecular formula is C14H21NO2. The average molecular weight is 235 g/mol. The summed E-state index contributed by atoms with van der Waals surface area (Å²) in [4.78, 5) is 14.0. The van der Waals surface area contributed by atoms with E-state index in [-0.39, 0.29) is 11.7 Å². The lowest BCUT2D eigenvalue weighted by atomic mass is 10.1. The van der Waals surface area contributed by atoms with E-state index < -0.39 is 0 Å². The quantitative estimate of drug-likeness (QED) is 0.852. The minimum atomic E-state index is -0.0918. The number of hydrogen-bond acceptors (Lipinski definition) is 2. The SMILES string of the molecule is CCC(C)CN(CC)C(=O)c1ccccc1O. The maximum absolute atomic E-state index is 12.2. The van der Waals surface area contributed by atoms with Crippen molar-refractivity contribution < 1.29 is 9.90 Å². The Morgan fingerprint density at radius 2 is 2.00 bits per heavy atom. The first-order valence-electron chi connectivity index (χ1n) is 6.17. The fourth-order valence-electron chi connectivity index (χ4n) is 1.69. The summed E-state index contributed by atoms with van der Waals surface area (Å²) < 4.78 is 0. The van der Waals surface area contributed by atoms with Gasteiger partial charge in [0.15, 0.2) is 0 Å². The molecule has 0 heterocycles. The van der Waals surface area contributed by atoms with Crippen molar-refractivity contribution in [3.05, 3.63) is 29.8 Å². The number of benzene rings is 1. The van der Waals surface area contributed by atoms with Gasteiger partial charge in [0.1, 0.15) is 5.75 Å². The molecule has 17 heavy (non-hydrogen) atoms. The molecule has 0 radical (unpaired) electrons. The number of phenolic OH excluding ortho intramolecular Hbond substituents is 1. The monoisotopic (exact) mass is 235 g/mol. The summed E-state index contributed by atoms with van der Waals surface area (Å²) in [6, 6.07) is 6.70. The summed E-state index contributed by atoms with van der Waals surface area (Å²) in [5, 5.41) is 9.67. The summed E-state index contributed by atoms with van der Waals surface area (Å²) in [7, 11) is 0. The van der Waals surface area contributed by atoms with Crippen LogP contribution in [0.4, 0.5) is 0 Å². The second kappa shape index (κ2) is 6.28. The van der Waals surface area contributed by atoms with Gasteiger partial charge in [-0.1, -0.05) is 32.4 Å². The standard InChI is InChI=1S/C14H21NO2/c1-4-11(3)10-15(5-2)14(17)12-8-6-7-9-13(12)16/h6-9,11,16H,4-5,10H2,1-3H3. The van der Waals surface area contributed by atoms with Gasteiger partial charge in [0, 0.05) is 13.1 Å². The maximum atomic E-state index is 12.2. The van der Waals surface area contributed by atoms with Crippen molar-refractivity contribution in [2.45, 2.75) is 27.2 Å². The molecule has 0 fully saturated rings. The van der Waals surface area contributed by atoms with Crippen molar-refractivity contribution in [2.75, 3.05) is 13.1 Å². The Hall–Kier alpha value is -1.51. The molecule has 0 bridgehead atoms. The van der Waals surface area contributed by atoms with Crippen LogP contribution in [0.3, 0.4) is 0 Å². The van der Waals surface area contributed by atoms with E-state index in [0.29, 0.717) is 18.0 Å². The Labute approximate surface area is 103 Å². The number of rotatable bonds is 5. The number of carbonyl (C=O) groups is 1. The molecule has 1 amide bonds. The van der Waals surface area contributed by atoms with E-state index in [4.69, 9.17) is 0 Å². The summed E-state index contributed by atoms with van der Waals surface area (Å²) in [6.07, 6.45) is 1.05. The predicted molar refractivity (Wildman–Crippen MR) is 69.1 cm³/mol. The molecule has 0 aromatic heterocycles. The van der Waals surface area contributed by atoms with Gasteiger partial charge in [0.25, 0.3) is 5.91 Å². The Bertz CT molecular complexity index is 376. The molecule has 94 valence electrons. The highest BCUT2D eigenvalue weighted by molar-refractivity contribution is 5.96. The second-order valence-electron chi connectivity index (χ2n) is 4.37. The Morgan fingerprint density at radius 1 is 1.35 bits per heavy atom. The van der Waals surface area contributed by atoms with E-state index in [9.17, 15) is 9.90 Å². The van der Waals surface area contributed by atoms with E-state index >= 15 is 0 Å². The van der Waals surface area contributed by atoms with Crippen molar-refractivity contribution >= 4 is 5.91 Å². The summed E-state index contributed by atoms with van der Waals surface area (Å²) in [5.41, 5.74) is 0.387. The van der Waals surface area contributed by atoms with E-state index in [1.54, 1.807) is 29.2 Å². The highest BCUT2D eigenvalue weighted by atomic mass is 16.3. The van der Waals surface area contributed by atoms with Gasteiger partial charge >= 0.3 is 0 Å². The molecule has 3 nitrogen and oxygen atoms in total. The molecule has 1 N–H and O–H groups in total. The van der Waals surface area contributed by atoms with Crippen molar-refractivity contribution in [1.82, 2.24) is 4.90 Å². The summed E-state index contributed by atoms with van der Waals surface area (Å²) in [5.74, 6) is 0.441. The van der Waals surface area contributed by atoms with Crippen LogP contribution in [0.5, 0.6) is 5.75 Å². The molecule has 1 unspecified atom stereocenters. The number of aromatic hydroxyl groups is 1. The highest BCUT2D eigenvalue weighted by Gasteiger charge is 2.18. The summed E-state index contributed by atoms with van der Waals surface area (Å²) in [6.45, 7) is 7.60. The predicted octanol–water partition coefficient (Wildman–Crippen LogP) is 2.90. The third kappa shape index (κ3) is 3.48. The first-order valence-corrected chi connectivity index (χ1v) is 6.17. The van der Waals surface area contributed by atoms with Gasteiger partial charge in [-0.15, -0.1) is 0 Å². The highest BCUT2D eigenvalue weighted by Crippen LogP contribution is 2.18. The number of para-hydroxylation sites is 1. The van der Waals surface area contributed by atoms with Crippen LogP contribution in [-0.4, -0.2) is 29.0 Å². The molecule has 0 saturated heterocycles. The molecule has 1 aromatic rings. The first-order chi connectivity index (χ1) is 8.10. The normalized spacial score (nSPS) is 12.2.